The van der Waals surface area contributed by atoms with Crippen molar-refractivity contribution in [1.29, 1.82) is 0 Å². The number of likely N-dealkylation sites (tertiary alicyclic amines) is 1. The van der Waals surface area contributed by atoms with Crippen molar-refractivity contribution in [1.82, 2.24) is 4.90 Å². The van der Waals surface area contributed by atoms with Crippen LogP contribution < -0.4 is 0 Å². The molecule has 1 N–H and O–H groups in total. The molecule has 1 aromatic carbocycles. The lowest BCUT2D eigenvalue weighted by atomic mass is 9.99. The molecule has 1 aromatic rings. The van der Waals surface area contributed by atoms with Gasteiger partial charge in [0.1, 0.15) is 0 Å². The molecule has 5 heteroatoms. The van der Waals surface area contributed by atoms with Crippen LogP contribution in [-0.2, 0) is 11.3 Å². The predicted octanol–water partition coefficient (Wildman–Crippen LogP) is 3.15. The lowest BCUT2D eigenvalue weighted by Gasteiger charge is -2.17. The molecule has 0 aromatic heterocycles. The summed E-state index contributed by atoms with van der Waals surface area (Å²) >= 11 is 12.2. The molecular weight excluding hydrogens is 273 g/mol. The van der Waals surface area contributed by atoms with E-state index in [0.717, 1.165) is 12.1 Å². The summed E-state index contributed by atoms with van der Waals surface area (Å²) in [7, 11) is 0. The third-order valence-corrected chi connectivity index (χ3v) is 4.16. The molecule has 0 bridgehead atoms. The van der Waals surface area contributed by atoms with Gasteiger partial charge in [-0.1, -0.05) is 36.2 Å². The van der Waals surface area contributed by atoms with Gasteiger partial charge >= 0.3 is 5.97 Å². The molecule has 1 fully saturated rings. The Labute approximate surface area is 116 Å². The first-order chi connectivity index (χ1) is 8.49. The second-order valence-electron chi connectivity index (χ2n) is 4.82. The Hall–Kier alpha value is -0.770. The Morgan fingerprint density at radius 3 is 2.50 bits per heavy atom. The largest absolute Gasteiger partial charge is 0.481 e. The third-order valence-electron chi connectivity index (χ3n) is 3.45. The van der Waals surface area contributed by atoms with Crippen LogP contribution in [0.15, 0.2) is 18.2 Å². The molecule has 3 nitrogen and oxygen atoms in total. The predicted molar refractivity (Wildman–Crippen MR) is 72.0 cm³/mol. The lowest BCUT2D eigenvalue weighted by Crippen LogP contribution is -2.23. The zero-order valence-electron chi connectivity index (χ0n) is 10.1. The molecule has 98 valence electrons. The van der Waals surface area contributed by atoms with Gasteiger partial charge in [0.15, 0.2) is 0 Å². The van der Waals surface area contributed by atoms with Crippen molar-refractivity contribution < 1.29 is 9.90 Å². The summed E-state index contributed by atoms with van der Waals surface area (Å²) in [5.41, 5.74) is 0.874. The number of rotatable bonds is 3. The maximum Gasteiger partial charge on any atom is 0.308 e. The highest BCUT2D eigenvalue weighted by Gasteiger charge is 2.34. The van der Waals surface area contributed by atoms with E-state index in [2.05, 4.69) is 4.90 Å². The standard InChI is InChI=1S/C13H15Cl2NO2/c1-8-5-16(6-9(8)13(17)18)7-10-11(14)3-2-4-12(10)15/h2-4,8-9H,5-7H2,1H3,(H,17,18)/t8-,9-/m1/s1. The maximum atomic E-state index is 11.1. The fourth-order valence-electron chi connectivity index (χ4n) is 2.42. The highest BCUT2D eigenvalue weighted by atomic mass is 35.5. The highest BCUT2D eigenvalue weighted by molar-refractivity contribution is 6.35. The van der Waals surface area contributed by atoms with Gasteiger partial charge < -0.3 is 5.11 Å². The van der Waals surface area contributed by atoms with Crippen molar-refractivity contribution in [2.75, 3.05) is 13.1 Å². The van der Waals surface area contributed by atoms with Crippen LogP contribution in [0.5, 0.6) is 0 Å². The quantitative estimate of drug-likeness (QED) is 0.929. The number of hydrogen-bond acceptors (Lipinski definition) is 2. The van der Waals surface area contributed by atoms with E-state index in [1.807, 2.05) is 6.92 Å². The Bertz CT molecular complexity index is 444. The average Bonchev–Trinajstić information content (AvgIpc) is 2.65. The molecule has 0 saturated carbocycles. The first-order valence-corrected chi connectivity index (χ1v) is 6.62. The number of benzene rings is 1. The zero-order valence-corrected chi connectivity index (χ0v) is 11.6. The zero-order chi connectivity index (χ0) is 13.3. The summed E-state index contributed by atoms with van der Waals surface area (Å²) in [4.78, 5) is 13.2. The average molecular weight is 288 g/mol. The number of carboxylic acids is 1. The number of aliphatic carboxylic acids is 1. The van der Waals surface area contributed by atoms with E-state index in [0.29, 0.717) is 23.1 Å². The number of carbonyl (C=O) groups is 1. The Morgan fingerprint density at radius 1 is 1.39 bits per heavy atom. The molecule has 0 unspecified atom stereocenters. The van der Waals surface area contributed by atoms with Gasteiger partial charge in [-0.2, -0.15) is 0 Å². The number of hydrogen-bond donors (Lipinski definition) is 1. The van der Waals surface area contributed by atoms with Crippen LogP contribution in [-0.4, -0.2) is 29.1 Å². The van der Waals surface area contributed by atoms with Crippen LogP contribution >= 0.6 is 23.2 Å². The molecule has 1 saturated heterocycles. The van der Waals surface area contributed by atoms with Gasteiger partial charge in [-0.3, -0.25) is 9.69 Å². The van der Waals surface area contributed by atoms with Gasteiger partial charge in [0.2, 0.25) is 0 Å². The van der Waals surface area contributed by atoms with Crippen molar-refractivity contribution >= 4 is 29.2 Å². The second-order valence-corrected chi connectivity index (χ2v) is 5.63. The molecule has 1 aliphatic rings. The van der Waals surface area contributed by atoms with Crippen LogP contribution in [0, 0.1) is 11.8 Å². The van der Waals surface area contributed by atoms with E-state index in [9.17, 15) is 4.79 Å². The Morgan fingerprint density at radius 2 is 2.00 bits per heavy atom. The minimum atomic E-state index is -0.727. The van der Waals surface area contributed by atoms with E-state index < -0.39 is 5.97 Å². The minimum absolute atomic E-state index is 0.156. The maximum absolute atomic E-state index is 11.1. The van der Waals surface area contributed by atoms with Crippen molar-refractivity contribution in [2.24, 2.45) is 11.8 Å². The minimum Gasteiger partial charge on any atom is -0.481 e. The summed E-state index contributed by atoms with van der Waals surface area (Å²) in [6.07, 6.45) is 0. The van der Waals surface area contributed by atoms with Crippen molar-refractivity contribution in [3.63, 3.8) is 0 Å². The monoisotopic (exact) mass is 287 g/mol. The first kappa shape index (κ1) is 13.7. The summed E-state index contributed by atoms with van der Waals surface area (Å²) < 4.78 is 0. The summed E-state index contributed by atoms with van der Waals surface area (Å²) in [5.74, 6) is -0.870. The number of nitrogens with zero attached hydrogens (tertiary/aromatic N) is 1. The lowest BCUT2D eigenvalue weighted by molar-refractivity contribution is -0.142. The van der Waals surface area contributed by atoms with E-state index in [1.54, 1.807) is 18.2 Å². The molecule has 0 amide bonds. The first-order valence-electron chi connectivity index (χ1n) is 5.87. The van der Waals surface area contributed by atoms with Gasteiger partial charge in [0.25, 0.3) is 0 Å². The van der Waals surface area contributed by atoms with Crippen molar-refractivity contribution in [3.05, 3.63) is 33.8 Å². The van der Waals surface area contributed by atoms with E-state index in [1.165, 1.54) is 0 Å². The van der Waals surface area contributed by atoms with Crippen LogP contribution in [0.2, 0.25) is 10.0 Å². The molecule has 0 radical (unpaired) electrons. The molecule has 2 atom stereocenters. The van der Waals surface area contributed by atoms with Gasteiger partial charge in [-0.25, -0.2) is 0 Å². The van der Waals surface area contributed by atoms with Crippen LogP contribution in [0.3, 0.4) is 0 Å². The fraction of sp³-hybridized carbons (Fsp3) is 0.462. The van der Waals surface area contributed by atoms with Gasteiger partial charge in [0.05, 0.1) is 5.92 Å². The highest BCUT2D eigenvalue weighted by Crippen LogP contribution is 2.29. The molecular formula is C13H15Cl2NO2. The number of carboxylic acid groups (broad SMARTS) is 1. The van der Waals surface area contributed by atoms with E-state index >= 15 is 0 Å². The third kappa shape index (κ3) is 2.79. The van der Waals surface area contributed by atoms with Crippen LogP contribution in [0.4, 0.5) is 0 Å². The molecule has 0 spiro atoms. The Kier molecular flexibility index (Phi) is 4.15. The smallest absolute Gasteiger partial charge is 0.308 e. The van der Waals surface area contributed by atoms with Crippen molar-refractivity contribution in [3.8, 4) is 0 Å². The summed E-state index contributed by atoms with van der Waals surface area (Å²) in [5, 5.41) is 10.4. The van der Waals surface area contributed by atoms with E-state index in [-0.39, 0.29) is 11.8 Å². The van der Waals surface area contributed by atoms with Gasteiger partial charge in [-0.15, -0.1) is 0 Å². The molecule has 2 rings (SSSR count). The molecule has 1 heterocycles. The topological polar surface area (TPSA) is 40.5 Å². The molecule has 0 aliphatic carbocycles. The second kappa shape index (κ2) is 5.47. The van der Waals surface area contributed by atoms with E-state index in [4.69, 9.17) is 28.3 Å². The van der Waals surface area contributed by atoms with Gasteiger partial charge in [0, 0.05) is 35.2 Å². The fourth-order valence-corrected chi connectivity index (χ4v) is 2.94. The van der Waals surface area contributed by atoms with Gasteiger partial charge in [-0.05, 0) is 18.1 Å². The normalized spacial score (nSPS) is 24.4. The van der Waals surface area contributed by atoms with Crippen LogP contribution in [0.1, 0.15) is 12.5 Å². The molecule has 1 aliphatic heterocycles. The molecule has 18 heavy (non-hydrogen) atoms. The van der Waals surface area contributed by atoms with Crippen molar-refractivity contribution in [2.45, 2.75) is 13.5 Å². The summed E-state index contributed by atoms with van der Waals surface area (Å²) in [6.45, 7) is 3.89. The summed E-state index contributed by atoms with van der Waals surface area (Å²) in [6, 6.07) is 5.41. The Balaban J connectivity index is 2.10. The number of halogens is 2. The van der Waals surface area contributed by atoms with Crippen LogP contribution in [0.25, 0.3) is 0 Å². The SMILES string of the molecule is C[C@@H]1CN(Cc2c(Cl)cccc2Cl)C[C@H]1C(=O)O.